The minimum atomic E-state index is -5.00. The van der Waals surface area contributed by atoms with E-state index in [0.717, 1.165) is 6.26 Å². The second-order valence-electron chi connectivity index (χ2n) is 9.85. The zero-order chi connectivity index (χ0) is 31.5. The van der Waals surface area contributed by atoms with Crippen LogP contribution in [0.2, 0.25) is 0 Å². The number of para-hydroxylation sites is 1. The normalized spacial score (nSPS) is 19.1. The van der Waals surface area contributed by atoms with E-state index in [4.69, 9.17) is 4.74 Å². The molecule has 42 heavy (non-hydrogen) atoms. The van der Waals surface area contributed by atoms with Gasteiger partial charge in [-0.2, -0.15) is 26.3 Å². The Kier molecular flexibility index (Phi) is 9.68. The lowest BCUT2D eigenvalue weighted by atomic mass is 9.87. The number of allylic oxidation sites excluding steroid dienone is 3. The van der Waals surface area contributed by atoms with Crippen LogP contribution < -0.4 is 10.2 Å². The zero-order valence-corrected chi connectivity index (χ0v) is 23.8. The molecular weight excluding hydrogens is 586 g/mol. The van der Waals surface area contributed by atoms with Crippen LogP contribution in [0.15, 0.2) is 83.8 Å². The number of urea groups is 1. The van der Waals surface area contributed by atoms with E-state index in [0.29, 0.717) is 17.7 Å². The van der Waals surface area contributed by atoms with Gasteiger partial charge < -0.3 is 10.1 Å². The first-order chi connectivity index (χ1) is 19.4. The molecule has 0 radical (unpaired) electrons. The number of carbonyl (C=O) groups is 1. The molecule has 2 aromatic carbocycles. The Morgan fingerprint density at radius 1 is 1.10 bits per heavy atom. The Hall–Kier alpha value is -3.58. The summed E-state index contributed by atoms with van der Waals surface area (Å²) in [6.45, 7) is 6.91. The molecule has 1 heterocycles. The van der Waals surface area contributed by atoms with Gasteiger partial charge in [-0.3, -0.25) is 4.90 Å². The Morgan fingerprint density at radius 2 is 1.69 bits per heavy atom. The van der Waals surface area contributed by atoms with Crippen molar-refractivity contribution in [3.05, 3.63) is 95.6 Å². The molecule has 3 rings (SSSR count). The van der Waals surface area contributed by atoms with Crippen molar-refractivity contribution in [2.45, 2.75) is 49.2 Å². The van der Waals surface area contributed by atoms with Crippen LogP contribution in [0.1, 0.15) is 43.1 Å². The van der Waals surface area contributed by atoms with E-state index >= 15 is 0 Å². The molecule has 6 nitrogen and oxygen atoms in total. The molecule has 0 aliphatic carbocycles. The lowest BCUT2D eigenvalue weighted by molar-refractivity contribution is -0.143. The lowest BCUT2D eigenvalue weighted by Gasteiger charge is -2.30. The van der Waals surface area contributed by atoms with Gasteiger partial charge in [0.05, 0.1) is 46.5 Å². The fourth-order valence-corrected chi connectivity index (χ4v) is 5.37. The number of carbonyl (C=O) groups excluding carboxylic acids is 1. The Morgan fingerprint density at radius 3 is 2.24 bits per heavy atom. The molecule has 1 N–H and O–H groups in total. The van der Waals surface area contributed by atoms with Gasteiger partial charge in [0.2, 0.25) is 0 Å². The number of hydrogen-bond donors (Lipinski definition) is 1. The fraction of sp³-hybridized carbons (Fsp3) is 0.345. The summed E-state index contributed by atoms with van der Waals surface area (Å²) in [4.78, 5) is 14.4. The second-order valence-corrected chi connectivity index (χ2v) is 11.8. The maximum Gasteiger partial charge on any atom is 0.416 e. The third-order valence-corrected chi connectivity index (χ3v) is 7.91. The third-order valence-electron chi connectivity index (χ3n) is 6.77. The van der Waals surface area contributed by atoms with Gasteiger partial charge >= 0.3 is 18.4 Å². The van der Waals surface area contributed by atoms with Crippen LogP contribution >= 0.6 is 0 Å². The molecule has 2 aromatic rings. The van der Waals surface area contributed by atoms with Crippen LogP contribution in [0.5, 0.6) is 0 Å². The topological polar surface area (TPSA) is 75.7 Å². The SMILES string of the molecule is C=C(/C=C\C=C/C)[C@]1(CCO[C@H](C)c2cc(C(F)(F)F)cc(C(F)(F)F)c2)CN(c2ccccc2S(C)(=O)=O)C(=O)N1. The number of amides is 2. The summed E-state index contributed by atoms with van der Waals surface area (Å²) in [5, 5.41) is 2.83. The highest BCUT2D eigenvalue weighted by Gasteiger charge is 2.45. The van der Waals surface area contributed by atoms with Crippen LogP contribution in [0.3, 0.4) is 0 Å². The van der Waals surface area contributed by atoms with Gasteiger partial charge in [-0.25, -0.2) is 13.2 Å². The highest BCUT2D eigenvalue weighted by molar-refractivity contribution is 7.90. The maximum absolute atomic E-state index is 13.3. The van der Waals surface area contributed by atoms with Gasteiger partial charge in [0.15, 0.2) is 9.84 Å². The minimum absolute atomic E-state index is 0.0186. The number of alkyl halides is 6. The zero-order valence-electron chi connectivity index (χ0n) is 23.0. The summed E-state index contributed by atoms with van der Waals surface area (Å²) < 4.78 is 110. The van der Waals surface area contributed by atoms with Crippen molar-refractivity contribution in [1.82, 2.24) is 5.32 Å². The first kappa shape index (κ1) is 32.9. The second kappa shape index (κ2) is 12.3. The average Bonchev–Trinajstić information content (AvgIpc) is 3.24. The molecule has 0 saturated carbocycles. The van der Waals surface area contributed by atoms with Gasteiger partial charge in [-0.05, 0) is 61.7 Å². The van der Waals surface area contributed by atoms with E-state index in [1.807, 2.05) is 0 Å². The molecule has 228 valence electrons. The largest absolute Gasteiger partial charge is 0.416 e. The Labute approximate surface area is 240 Å². The molecule has 1 aliphatic rings. The Balaban J connectivity index is 1.91. The summed E-state index contributed by atoms with van der Waals surface area (Å²) in [6, 6.07) is 6.59. The molecule has 0 unspecified atom stereocenters. The molecule has 0 bridgehead atoms. The predicted octanol–water partition coefficient (Wildman–Crippen LogP) is 7.25. The van der Waals surface area contributed by atoms with Gasteiger partial charge in [-0.15, -0.1) is 0 Å². The van der Waals surface area contributed by atoms with Crippen molar-refractivity contribution >= 4 is 21.6 Å². The molecule has 0 spiro atoms. The molecule has 2 atom stereocenters. The lowest BCUT2D eigenvalue weighted by Crippen LogP contribution is -2.45. The van der Waals surface area contributed by atoms with E-state index in [1.165, 1.54) is 30.0 Å². The van der Waals surface area contributed by atoms with Crippen LogP contribution in [-0.4, -0.2) is 39.4 Å². The maximum atomic E-state index is 13.3. The summed E-state index contributed by atoms with van der Waals surface area (Å²) in [5.41, 5.74) is -3.87. The number of anilines is 1. The van der Waals surface area contributed by atoms with Crippen molar-refractivity contribution in [3.63, 3.8) is 0 Å². The molecule has 2 amide bonds. The van der Waals surface area contributed by atoms with E-state index in [-0.39, 0.29) is 41.8 Å². The third kappa shape index (κ3) is 7.62. The van der Waals surface area contributed by atoms with E-state index in [1.54, 1.807) is 37.3 Å². The number of benzene rings is 2. The summed E-state index contributed by atoms with van der Waals surface area (Å²) in [5.74, 6) is 0. The summed E-state index contributed by atoms with van der Waals surface area (Å²) in [6.07, 6.45) is -3.36. The number of ether oxygens (including phenoxy) is 1. The molecule has 13 heteroatoms. The van der Waals surface area contributed by atoms with Gasteiger partial charge in [0.25, 0.3) is 0 Å². The first-order valence-electron chi connectivity index (χ1n) is 12.7. The van der Waals surface area contributed by atoms with Crippen molar-refractivity contribution in [2.75, 3.05) is 24.3 Å². The Bertz CT molecular complexity index is 1470. The van der Waals surface area contributed by atoms with Gasteiger partial charge in [0.1, 0.15) is 0 Å². The predicted molar refractivity (Wildman–Crippen MR) is 147 cm³/mol. The molecule has 0 aromatic heterocycles. The van der Waals surface area contributed by atoms with Crippen molar-refractivity contribution in [3.8, 4) is 0 Å². The molecular formula is C29H30F6N2O4S. The monoisotopic (exact) mass is 616 g/mol. The molecule has 1 fully saturated rings. The smallest absolute Gasteiger partial charge is 0.374 e. The van der Waals surface area contributed by atoms with Crippen molar-refractivity contribution < 1.29 is 44.3 Å². The number of rotatable bonds is 10. The summed E-state index contributed by atoms with van der Waals surface area (Å²) in [7, 11) is -3.71. The van der Waals surface area contributed by atoms with E-state index in [9.17, 15) is 39.6 Å². The minimum Gasteiger partial charge on any atom is -0.374 e. The standard InChI is InChI=1S/C29H30F6N2O4S/c1-5-6-7-10-19(2)27(18-37(26(38)36-27)24-11-8-9-12-25(24)42(4,39)40)13-14-41-20(3)21-15-22(28(30,31)32)17-23(16-21)29(33,34)35/h5-12,15-17,20H,2,13-14,18H2,1,3-4H3,(H,36,38)/b6-5-,10-7-/t20-,27+/m1/s1. The number of sulfone groups is 1. The van der Waals surface area contributed by atoms with E-state index in [2.05, 4.69) is 11.9 Å². The highest BCUT2D eigenvalue weighted by atomic mass is 32.2. The quantitative estimate of drug-likeness (QED) is 0.225. The number of nitrogens with zero attached hydrogens (tertiary/aromatic N) is 1. The van der Waals surface area contributed by atoms with Gasteiger partial charge in [0, 0.05) is 6.26 Å². The average molecular weight is 617 g/mol. The first-order valence-corrected chi connectivity index (χ1v) is 14.6. The van der Waals surface area contributed by atoms with Crippen molar-refractivity contribution in [2.24, 2.45) is 0 Å². The van der Waals surface area contributed by atoms with Gasteiger partial charge in [-0.1, -0.05) is 43.0 Å². The number of hydrogen-bond acceptors (Lipinski definition) is 4. The van der Waals surface area contributed by atoms with Crippen LogP contribution in [0.4, 0.5) is 36.8 Å². The van der Waals surface area contributed by atoms with E-state index < -0.39 is 51.0 Å². The van der Waals surface area contributed by atoms with Crippen LogP contribution in [-0.2, 0) is 26.9 Å². The van der Waals surface area contributed by atoms with Crippen molar-refractivity contribution in [1.29, 1.82) is 0 Å². The molecule has 1 saturated heterocycles. The highest BCUT2D eigenvalue weighted by Crippen LogP contribution is 2.39. The number of halogens is 6. The molecule has 1 aliphatic heterocycles. The summed E-state index contributed by atoms with van der Waals surface area (Å²) >= 11 is 0. The number of nitrogens with one attached hydrogen (secondary N) is 1. The fourth-order valence-electron chi connectivity index (χ4n) is 4.49. The van der Waals surface area contributed by atoms with Crippen LogP contribution in [0.25, 0.3) is 0 Å². The van der Waals surface area contributed by atoms with Crippen LogP contribution in [0, 0.1) is 0 Å².